The van der Waals surface area contributed by atoms with Crippen LogP contribution in [0.2, 0.25) is 0 Å². The molecule has 0 spiro atoms. The fraction of sp³-hybridized carbons (Fsp3) is 0.138. The van der Waals surface area contributed by atoms with Crippen LogP contribution in [0.5, 0.6) is 5.75 Å². The van der Waals surface area contributed by atoms with Crippen LogP contribution in [0, 0.1) is 12.7 Å². The van der Waals surface area contributed by atoms with Crippen molar-refractivity contribution in [1.82, 2.24) is 9.78 Å². The molecule has 0 aliphatic carbocycles. The zero-order valence-electron chi connectivity index (χ0n) is 20.0. The number of benzene rings is 3. The van der Waals surface area contributed by atoms with Crippen LogP contribution >= 0.6 is 0 Å². The summed E-state index contributed by atoms with van der Waals surface area (Å²) in [6.07, 6.45) is 3.27. The van der Waals surface area contributed by atoms with Gasteiger partial charge in [-0.15, -0.1) is 0 Å². The maximum absolute atomic E-state index is 13.7. The van der Waals surface area contributed by atoms with E-state index in [1.807, 2.05) is 54.6 Å². The normalized spacial score (nSPS) is 11.0. The summed E-state index contributed by atoms with van der Waals surface area (Å²) < 4.78 is 25.7. The minimum Gasteiger partial charge on any atom is -0.488 e. The Bertz CT molecular complexity index is 1460. The van der Waals surface area contributed by atoms with Crippen LogP contribution in [0.1, 0.15) is 22.4 Å². The molecule has 0 aliphatic rings. The predicted octanol–water partition coefficient (Wildman–Crippen LogP) is 5.28. The summed E-state index contributed by atoms with van der Waals surface area (Å²) in [6.45, 7) is 1.78. The van der Waals surface area contributed by atoms with Crippen molar-refractivity contribution >= 4 is 18.1 Å². The second kappa shape index (κ2) is 11.3. The Hall–Kier alpha value is -4.52. The summed E-state index contributed by atoms with van der Waals surface area (Å²) in [7, 11) is 1.25. The van der Waals surface area contributed by atoms with E-state index in [0.29, 0.717) is 40.3 Å². The smallest absolute Gasteiger partial charge is 0.327 e. The summed E-state index contributed by atoms with van der Waals surface area (Å²) in [6, 6.07) is 23.2. The van der Waals surface area contributed by atoms with Gasteiger partial charge in [0.2, 0.25) is 0 Å². The average Bonchev–Trinajstić information content (AvgIpc) is 2.89. The molecule has 182 valence electrons. The number of esters is 1. The summed E-state index contributed by atoms with van der Waals surface area (Å²) in [5.41, 5.74) is 3.17. The molecule has 6 nitrogen and oxygen atoms in total. The standard InChI is InChI=1S/C29H25FN2O4/c1-20-28(24-13-6-7-14-26(24)36-19-22-9-4-3-5-10-22)25(16-15-21-11-8-12-23(30)17-21)29(34)32(31-20)18-27(33)35-2/h3-17H,18-19H2,1-2H3/b16-15+. The third kappa shape index (κ3) is 5.75. The van der Waals surface area contributed by atoms with Gasteiger partial charge in [0.15, 0.2) is 0 Å². The number of aromatic nitrogens is 2. The van der Waals surface area contributed by atoms with Crippen molar-refractivity contribution in [1.29, 1.82) is 0 Å². The molecule has 1 aromatic heterocycles. The first-order chi connectivity index (χ1) is 17.5. The molecule has 0 atom stereocenters. The van der Waals surface area contributed by atoms with Crippen molar-refractivity contribution in [2.24, 2.45) is 0 Å². The van der Waals surface area contributed by atoms with Crippen LogP contribution in [0.4, 0.5) is 4.39 Å². The number of aryl methyl sites for hydroxylation is 1. The minimum atomic E-state index is -0.594. The van der Waals surface area contributed by atoms with E-state index in [0.717, 1.165) is 10.2 Å². The third-order valence-electron chi connectivity index (χ3n) is 5.56. The number of carbonyl (C=O) groups excluding carboxylic acids is 1. The van der Waals surface area contributed by atoms with Crippen LogP contribution in [0.25, 0.3) is 23.3 Å². The lowest BCUT2D eigenvalue weighted by atomic mass is 9.97. The summed E-state index contributed by atoms with van der Waals surface area (Å²) in [5.74, 6) is -0.397. The number of para-hydroxylation sites is 1. The van der Waals surface area contributed by atoms with Gasteiger partial charge in [0.25, 0.3) is 5.56 Å². The van der Waals surface area contributed by atoms with Gasteiger partial charge in [-0.1, -0.05) is 66.7 Å². The van der Waals surface area contributed by atoms with Gasteiger partial charge in [0.05, 0.1) is 18.4 Å². The Labute approximate surface area is 208 Å². The fourth-order valence-electron chi connectivity index (χ4n) is 3.83. The fourth-order valence-corrected chi connectivity index (χ4v) is 3.83. The number of hydrogen-bond donors (Lipinski definition) is 0. The molecule has 3 aromatic carbocycles. The molecule has 1 heterocycles. The van der Waals surface area contributed by atoms with Crippen molar-refractivity contribution in [2.45, 2.75) is 20.1 Å². The number of carbonyl (C=O) groups is 1. The first kappa shape index (κ1) is 24.6. The Balaban J connectivity index is 1.83. The number of halogens is 1. The quantitative estimate of drug-likeness (QED) is 0.318. The summed E-state index contributed by atoms with van der Waals surface area (Å²) >= 11 is 0. The van der Waals surface area contributed by atoms with E-state index in [1.54, 1.807) is 31.2 Å². The maximum atomic E-state index is 13.7. The molecule has 0 bridgehead atoms. The van der Waals surface area contributed by atoms with Crippen molar-refractivity contribution in [2.75, 3.05) is 7.11 Å². The lowest BCUT2D eigenvalue weighted by Gasteiger charge is -2.16. The first-order valence-electron chi connectivity index (χ1n) is 11.3. The third-order valence-corrected chi connectivity index (χ3v) is 5.56. The molecule has 7 heteroatoms. The number of rotatable bonds is 8. The first-order valence-corrected chi connectivity index (χ1v) is 11.3. The van der Waals surface area contributed by atoms with E-state index in [4.69, 9.17) is 9.47 Å². The van der Waals surface area contributed by atoms with Crippen molar-refractivity contribution < 1.29 is 18.7 Å². The molecule has 0 N–H and O–H groups in total. The monoisotopic (exact) mass is 484 g/mol. The molecular formula is C29H25FN2O4. The summed E-state index contributed by atoms with van der Waals surface area (Å²) in [5, 5.41) is 4.38. The van der Waals surface area contributed by atoms with Crippen LogP contribution in [-0.4, -0.2) is 22.9 Å². The second-order valence-corrected chi connectivity index (χ2v) is 8.07. The van der Waals surface area contributed by atoms with Gasteiger partial charge in [-0.3, -0.25) is 9.59 Å². The average molecular weight is 485 g/mol. The van der Waals surface area contributed by atoms with Crippen LogP contribution in [0.15, 0.2) is 83.7 Å². The van der Waals surface area contributed by atoms with Crippen molar-refractivity contribution in [3.63, 3.8) is 0 Å². The van der Waals surface area contributed by atoms with E-state index in [-0.39, 0.29) is 12.4 Å². The Morgan fingerprint density at radius 2 is 1.75 bits per heavy atom. The molecule has 0 saturated carbocycles. The van der Waals surface area contributed by atoms with E-state index in [2.05, 4.69) is 5.10 Å². The van der Waals surface area contributed by atoms with Crippen molar-refractivity contribution in [3.8, 4) is 16.9 Å². The molecule has 0 radical (unpaired) electrons. The highest BCUT2D eigenvalue weighted by Crippen LogP contribution is 2.34. The van der Waals surface area contributed by atoms with Crippen LogP contribution in [0.3, 0.4) is 0 Å². The largest absolute Gasteiger partial charge is 0.488 e. The van der Waals surface area contributed by atoms with Gasteiger partial charge in [0, 0.05) is 11.1 Å². The molecule has 4 aromatic rings. The topological polar surface area (TPSA) is 70.4 Å². The lowest BCUT2D eigenvalue weighted by Crippen LogP contribution is -2.30. The molecule has 0 fully saturated rings. The van der Waals surface area contributed by atoms with Crippen LogP contribution < -0.4 is 10.3 Å². The van der Waals surface area contributed by atoms with E-state index in [9.17, 15) is 14.0 Å². The Morgan fingerprint density at radius 1 is 1.00 bits per heavy atom. The van der Waals surface area contributed by atoms with Gasteiger partial charge < -0.3 is 9.47 Å². The second-order valence-electron chi connectivity index (χ2n) is 8.07. The summed E-state index contributed by atoms with van der Waals surface area (Å²) in [4.78, 5) is 25.4. The van der Waals surface area contributed by atoms with Crippen molar-refractivity contribution in [3.05, 3.63) is 117 Å². The van der Waals surface area contributed by atoms with E-state index in [1.165, 1.54) is 19.2 Å². The molecule has 0 saturated heterocycles. The predicted molar refractivity (Wildman–Crippen MR) is 137 cm³/mol. The van der Waals surface area contributed by atoms with Gasteiger partial charge in [-0.05, 0) is 42.3 Å². The molecule has 0 amide bonds. The number of hydrogen-bond acceptors (Lipinski definition) is 5. The highest BCUT2D eigenvalue weighted by atomic mass is 19.1. The van der Waals surface area contributed by atoms with Gasteiger partial charge in [0.1, 0.15) is 24.7 Å². The molecule has 36 heavy (non-hydrogen) atoms. The van der Waals surface area contributed by atoms with E-state index >= 15 is 0 Å². The van der Waals surface area contributed by atoms with E-state index < -0.39 is 11.5 Å². The molecule has 0 aliphatic heterocycles. The zero-order valence-corrected chi connectivity index (χ0v) is 20.0. The van der Waals surface area contributed by atoms with Crippen LogP contribution in [-0.2, 0) is 22.7 Å². The molecule has 0 unspecified atom stereocenters. The number of ether oxygens (including phenoxy) is 2. The van der Waals surface area contributed by atoms with Gasteiger partial charge >= 0.3 is 5.97 Å². The minimum absolute atomic E-state index is 0.298. The maximum Gasteiger partial charge on any atom is 0.327 e. The Kier molecular flexibility index (Phi) is 7.70. The SMILES string of the molecule is COC(=O)Cn1nc(C)c(-c2ccccc2OCc2ccccc2)c(/C=C/c2cccc(F)c2)c1=O. The highest BCUT2D eigenvalue weighted by Gasteiger charge is 2.19. The lowest BCUT2D eigenvalue weighted by molar-refractivity contribution is -0.141. The molecular weight excluding hydrogens is 459 g/mol. The Morgan fingerprint density at radius 3 is 2.50 bits per heavy atom. The van der Waals surface area contributed by atoms with Gasteiger partial charge in [-0.2, -0.15) is 5.10 Å². The highest BCUT2D eigenvalue weighted by molar-refractivity contribution is 5.84. The number of methoxy groups -OCH3 is 1. The van der Waals surface area contributed by atoms with Gasteiger partial charge in [-0.25, -0.2) is 9.07 Å². The zero-order chi connectivity index (χ0) is 25.5. The number of nitrogens with zero attached hydrogens (tertiary/aromatic N) is 2. The molecule has 4 rings (SSSR count).